The first-order valence-corrected chi connectivity index (χ1v) is 8.89. The fourth-order valence-corrected chi connectivity index (χ4v) is 2.88. The van der Waals surface area contributed by atoms with Crippen molar-refractivity contribution in [2.45, 2.75) is 52.9 Å². The monoisotopic (exact) mass is 337 g/mol. The van der Waals surface area contributed by atoms with E-state index in [0.717, 1.165) is 43.3 Å². The Morgan fingerprint density at radius 2 is 2.12 bits per heavy atom. The summed E-state index contributed by atoms with van der Waals surface area (Å²) < 4.78 is 2.16. The summed E-state index contributed by atoms with van der Waals surface area (Å²) in [6.07, 6.45) is 4.62. The molecule has 6 nitrogen and oxygen atoms in total. The number of nitrogens with one attached hydrogen (secondary N) is 2. The smallest absolute Gasteiger partial charge is 0.107 e. The minimum absolute atomic E-state index is 0.0918. The van der Waals surface area contributed by atoms with Crippen molar-refractivity contribution in [2.75, 3.05) is 33.7 Å². The number of hydrogen-bond acceptors (Lipinski definition) is 5. The topological polar surface area (TPSA) is 65.4 Å². The minimum atomic E-state index is -0.553. The molecule has 6 heteroatoms. The summed E-state index contributed by atoms with van der Waals surface area (Å²) in [7, 11) is 4.02. The molecule has 24 heavy (non-hydrogen) atoms. The van der Waals surface area contributed by atoms with Gasteiger partial charge in [0.25, 0.3) is 0 Å². The average Bonchev–Trinajstić information content (AvgIpc) is 2.87. The van der Waals surface area contributed by atoms with Crippen molar-refractivity contribution in [1.82, 2.24) is 25.1 Å². The third kappa shape index (κ3) is 5.70. The first-order valence-electron chi connectivity index (χ1n) is 8.89. The van der Waals surface area contributed by atoms with Crippen LogP contribution in [0.25, 0.3) is 0 Å². The first-order chi connectivity index (χ1) is 11.5. The molecule has 0 aromatic carbocycles. The maximum Gasteiger partial charge on any atom is 0.107 e. The van der Waals surface area contributed by atoms with Gasteiger partial charge in [-0.2, -0.15) is 0 Å². The van der Waals surface area contributed by atoms with E-state index in [9.17, 15) is 5.11 Å². The van der Waals surface area contributed by atoms with E-state index < -0.39 is 6.10 Å². The van der Waals surface area contributed by atoms with Crippen LogP contribution in [0.3, 0.4) is 0 Å². The maximum absolute atomic E-state index is 10.3. The van der Waals surface area contributed by atoms with Crippen LogP contribution in [-0.4, -0.2) is 53.3 Å². The van der Waals surface area contributed by atoms with Gasteiger partial charge in [-0.05, 0) is 47.8 Å². The number of imidazole rings is 1. The molecule has 1 aromatic rings. The lowest BCUT2D eigenvalue weighted by molar-refractivity contribution is 0.181. The third-order valence-corrected chi connectivity index (χ3v) is 4.26. The number of aliphatic hydroxyl groups is 1. The van der Waals surface area contributed by atoms with Crippen LogP contribution in [-0.2, 0) is 6.54 Å². The lowest BCUT2D eigenvalue weighted by atomic mass is 10.2. The molecule has 0 bridgehead atoms. The predicted octanol–water partition coefficient (Wildman–Crippen LogP) is 1.97. The highest BCUT2D eigenvalue weighted by atomic mass is 16.3. The van der Waals surface area contributed by atoms with E-state index in [-0.39, 0.29) is 6.17 Å². The normalized spacial score (nSPS) is 14.7. The van der Waals surface area contributed by atoms with Crippen LogP contribution in [0.1, 0.15) is 56.7 Å². The summed E-state index contributed by atoms with van der Waals surface area (Å²) in [6, 6.07) is 0. The second-order valence-corrected chi connectivity index (χ2v) is 6.24. The fourth-order valence-electron chi connectivity index (χ4n) is 2.88. The van der Waals surface area contributed by atoms with Crippen LogP contribution >= 0.6 is 0 Å². The molecule has 0 saturated carbocycles. The summed E-state index contributed by atoms with van der Waals surface area (Å²) in [5.41, 5.74) is 1.82. The van der Waals surface area contributed by atoms with E-state index in [4.69, 9.17) is 0 Å². The van der Waals surface area contributed by atoms with Crippen molar-refractivity contribution in [3.05, 3.63) is 29.4 Å². The molecular formula is C18H35N5O. The Morgan fingerprint density at radius 3 is 2.67 bits per heavy atom. The molecule has 0 saturated heterocycles. The van der Waals surface area contributed by atoms with Crippen molar-refractivity contribution in [1.29, 1.82) is 0 Å². The molecule has 2 unspecified atom stereocenters. The van der Waals surface area contributed by atoms with Crippen molar-refractivity contribution >= 4 is 0 Å². The number of allylic oxidation sites excluding steroid dienone is 1. The van der Waals surface area contributed by atoms with E-state index in [2.05, 4.69) is 51.2 Å². The molecular weight excluding hydrogens is 302 g/mol. The zero-order chi connectivity index (χ0) is 18.1. The SMILES string of the molecule is C/C=C\CC(NCCN(C)CC)n1c(C)nc(CNC)c1C(C)O. The molecule has 1 rings (SSSR count). The standard InChI is InChI=1S/C18H35N5O/c1-7-9-10-17(20-11-12-22(6)8-2)23-15(4)21-16(13-19-5)18(23)14(3)24/h7,9,14,17,19-20,24H,8,10-13H2,1-6H3/b9-7-. The summed E-state index contributed by atoms with van der Waals surface area (Å²) in [5, 5.41) is 17.1. The van der Waals surface area contributed by atoms with E-state index in [0.29, 0.717) is 6.54 Å². The molecule has 1 aromatic heterocycles. The molecule has 0 aliphatic carbocycles. The summed E-state index contributed by atoms with van der Waals surface area (Å²) in [4.78, 5) is 6.96. The number of likely N-dealkylation sites (N-methyl/N-ethyl adjacent to an activating group) is 1. The Morgan fingerprint density at radius 1 is 1.42 bits per heavy atom. The molecule has 138 valence electrons. The van der Waals surface area contributed by atoms with E-state index in [1.807, 2.05) is 27.8 Å². The van der Waals surface area contributed by atoms with Gasteiger partial charge in [-0.3, -0.25) is 5.32 Å². The van der Waals surface area contributed by atoms with Crippen LogP contribution in [0, 0.1) is 6.92 Å². The van der Waals surface area contributed by atoms with Gasteiger partial charge in [-0.1, -0.05) is 19.1 Å². The third-order valence-electron chi connectivity index (χ3n) is 4.26. The number of nitrogens with zero attached hydrogens (tertiary/aromatic N) is 3. The van der Waals surface area contributed by atoms with Gasteiger partial charge in [0, 0.05) is 19.6 Å². The Bertz CT molecular complexity index is 510. The van der Waals surface area contributed by atoms with Crippen LogP contribution in [0.4, 0.5) is 0 Å². The summed E-state index contributed by atoms with van der Waals surface area (Å²) in [5.74, 6) is 0.932. The largest absolute Gasteiger partial charge is 0.387 e. The number of hydrogen-bond donors (Lipinski definition) is 3. The van der Waals surface area contributed by atoms with Crippen molar-refractivity contribution in [3.63, 3.8) is 0 Å². The molecule has 3 N–H and O–H groups in total. The van der Waals surface area contributed by atoms with Gasteiger partial charge in [0.2, 0.25) is 0 Å². The van der Waals surface area contributed by atoms with Gasteiger partial charge >= 0.3 is 0 Å². The molecule has 0 aliphatic heterocycles. The highest BCUT2D eigenvalue weighted by molar-refractivity contribution is 5.20. The maximum atomic E-state index is 10.3. The fraction of sp³-hybridized carbons (Fsp3) is 0.722. The molecule has 0 aliphatic rings. The second kappa shape index (κ2) is 10.6. The summed E-state index contributed by atoms with van der Waals surface area (Å²) >= 11 is 0. The highest BCUT2D eigenvalue weighted by Gasteiger charge is 2.23. The van der Waals surface area contributed by atoms with Crippen molar-refractivity contribution in [3.8, 4) is 0 Å². The lowest BCUT2D eigenvalue weighted by Crippen LogP contribution is -2.35. The molecule has 0 spiro atoms. The quantitative estimate of drug-likeness (QED) is 0.539. The van der Waals surface area contributed by atoms with Crippen LogP contribution < -0.4 is 10.6 Å². The molecule has 0 radical (unpaired) electrons. The van der Waals surface area contributed by atoms with Gasteiger partial charge in [-0.25, -0.2) is 4.98 Å². The van der Waals surface area contributed by atoms with Gasteiger partial charge in [0.15, 0.2) is 0 Å². The first kappa shape index (κ1) is 20.8. The zero-order valence-electron chi connectivity index (χ0n) is 16.1. The Labute approximate surface area is 147 Å². The predicted molar refractivity (Wildman–Crippen MR) is 100 cm³/mol. The second-order valence-electron chi connectivity index (χ2n) is 6.24. The Hall–Kier alpha value is -1.21. The van der Waals surface area contributed by atoms with E-state index in [1.165, 1.54) is 0 Å². The summed E-state index contributed by atoms with van der Waals surface area (Å²) in [6.45, 7) is 11.6. The highest BCUT2D eigenvalue weighted by Crippen LogP contribution is 2.25. The number of aliphatic hydroxyl groups excluding tert-OH is 1. The van der Waals surface area contributed by atoms with Gasteiger partial charge in [-0.15, -0.1) is 0 Å². The van der Waals surface area contributed by atoms with Crippen LogP contribution in [0.5, 0.6) is 0 Å². The Kier molecular flexibility index (Phi) is 9.21. The van der Waals surface area contributed by atoms with Gasteiger partial charge in [0.05, 0.1) is 23.7 Å². The number of aromatic nitrogens is 2. The molecule has 2 atom stereocenters. The molecule has 0 fully saturated rings. The van der Waals surface area contributed by atoms with Crippen molar-refractivity contribution < 1.29 is 5.11 Å². The van der Waals surface area contributed by atoms with Gasteiger partial charge < -0.3 is 19.9 Å². The van der Waals surface area contributed by atoms with Crippen molar-refractivity contribution in [2.24, 2.45) is 0 Å². The van der Waals surface area contributed by atoms with Crippen LogP contribution in [0.2, 0.25) is 0 Å². The average molecular weight is 338 g/mol. The lowest BCUT2D eigenvalue weighted by Gasteiger charge is -2.25. The van der Waals surface area contributed by atoms with E-state index >= 15 is 0 Å². The van der Waals surface area contributed by atoms with Crippen LogP contribution in [0.15, 0.2) is 12.2 Å². The van der Waals surface area contributed by atoms with E-state index in [1.54, 1.807) is 0 Å². The zero-order valence-corrected chi connectivity index (χ0v) is 16.1. The molecule has 0 amide bonds. The number of rotatable bonds is 11. The van der Waals surface area contributed by atoms with Gasteiger partial charge in [0.1, 0.15) is 5.82 Å². The molecule has 1 heterocycles. The number of aryl methyl sites for hydroxylation is 1. The Balaban J connectivity index is 3.07. The minimum Gasteiger partial charge on any atom is -0.387 e.